The predicted molar refractivity (Wildman–Crippen MR) is 127 cm³/mol. The molecule has 1 fully saturated rings. The number of fused-ring (bicyclic) bond motifs is 3. The fourth-order valence-corrected chi connectivity index (χ4v) is 5.28. The van der Waals surface area contributed by atoms with Crippen molar-refractivity contribution in [2.24, 2.45) is 0 Å². The van der Waals surface area contributed by atoms with Gasteiger partial charge in [0.1, 0.15) is 13.2 Å². The Bertz CT molecular complexity index is 1180. The molecule has 3 aliphatic rings. The van der Waals surface area contributed by atoms with E-state index in [1.54, 1.807) is 0 Å². The van der Waals surface area contributed by atoms with Crippen LogP contribution in [-0.4, -0.2) is 52.4 Å². The molecule has 5 rings (SSSR count). The average molecular weight is 437 g/mol. The molecule has 1 aromatic heterocycles. The number of ether oxygens (including phenoxy) is 1. The van der Waals surface area contributed by atoms with Crippen LogP contribution < -0.4 is 10.9 Å². The molecule has 6 nitrogen and oxygen atoms in total. The van der Waals surface area contributed by atoms with Gasteiger partial charge in [-0.3, -0.25) is 4.79 Å². The normalized spacial score (nSPS) is 24.2. The second kappa shape index (κ2) is 7.27. The van der Waals surface area contributed by atoms with Crippen LogP contribution in [-0.2, 0) is 27.0 Å². The first kappa shape index (κ1) is 21.9. The Morgan fingerprint density at radius 3 is 2.50 bits per heavy atom. The Balaban J connectivity index is 1.69. The van der Waals surface area contributed by atoms with Crippen molar-refractivity contribution in [2.75, 3.05) is 13.2 Å². The molecule has 32 heavy (non-hydrogen) atoms. The lowest BCUT2D eigenvalue weighted by Crippen LogP contribution is -2.47. The lowest BCUT2D eigenvalue weighted by molar-refractivity contribution is -0.597. The lowest BCUT2D eigenvalue weighted by Gasteiger charge is -2.32. The van der Waals surface area contributed by atoms with E-state index in [1.165, 1.54) is 5.71 Å². The van der Waals surface area contributed by atoms with Crippen molar-refractivity contribution in [2.45, 2.75) is 84.7 Å². The molecule has 0 bridgehead atoms. The zero-order chi connectivity index (χ0) is 23.0. The van der Waals surface area contributed by atoms with Crippen LogP contribution >= 0.6 is 0 Å². The smallest absolute Gasteiger partial charge is 0.399 e. The summed E-state index contributed by atoms with van der Waals surface area (Å²) in [5.41, 5.74) is 4.55. The maximum atomic E-state index is 13.6. The van der Waals surface area contributed by atoms with Gasteiger partial charge in [0.15, 0.2) is 23.7 Å². The third-order valence-electron chi connectivity index (χ3n) is 7.79. The topological polar surface area (TPSA) is 52.7 Å². The molecular formula is C25H34BN2O4+. The quantitative estimate of drug-likeness (QED) is 0.536. The maximum Gasteiger partial charge on any atom is 0.494 e. The van der Waals surface area contributed by atoms with Crippen molar-refractivity contribution in [1.82, 2.24) is 4.57 Å². The largest absolute Gasteiger partial charge is 0.494 e. The average Bonchev–Trinajstić information content (AvgIpc) is 2.94. The number of benzene rings is 1. The summed E-state index contributed by atoms with van der Waals surface area (Å²) in [5.74, 6) is 0. The van der Waals surface area contributed by atoms with E-state index in [0.717, 1.165) is 40.6 Å². The lowest BCUT2D eigenvalue weighted by atomic mass is 9.78. The molecule has 170 valence electrons. The van der Waals surface area contributed by atoms with Crippen molar-refractivity contribution < 1.29 is 18.6 Å². The van der Waals surface area contributed by atoms with Crippen LogP contribution in [0.5, 0.6) is 0 Å². The van der Waals surface area contributed by atoms with Gasteiger partial charge in [0, 0.05) is 30.3 Å². The van der Waals surface area contributed by atoms with E-state index in [4.69, 9.17) is 14.0 Å². The van der Waals surface area contributed by atoms with Crippen molar-refractivity contribution in [3.05, 3.63) is 39.7 Å². The minimum Gasteiger partial charge on any atom is -0.399 e. The standard InChI is InChI=1S/C25H34BN2O4/c1-15(2)28-21-10-17(26-31-24(4,5)25(6,7)32-26)8-9-19(21)23(29)20-11-18-14-30-13-16(3)27(18)12-22(20)28/h8-10,15,18H,11-14H2,1-7H3/q+1/t18-/m0/s1. The fraction of sp³-hybridized carbons (Fsp3) is 0.600. The molecule has 0 spiro atoms. The van der Waals surface area contributed by atoms with Crippen LogP contribution in [0.25, 0.3) is 10.9 Å². The van der Waals surface area contributed by atoms with E-state index < -0.39 is 18.3 Å². The van der Waals surface area contributed by atoms with Gasteiger partial charge < -0.3 is 18.6 Å². The van der Waals surface area contributed by atoms with Gasteiger partial charge in [-0.05, 0) is 59.1 Å². The Labute approximate surface area is 190 Å². The molecule has 7 heteroatoms. The molecule has 0 aliphatic carbocycles. The van der Waals surface area contributed by atoms with Crippen molar-refractivity contribution >= 4 is 29.2 Å². The first-order valence-electron chi connectivity index (χ1n) is 11.7. The summed E-state index contributed by atoms with van der Waals surface area (Å²) >= 11 is 0. The summed E-state index contributed by atoms with van der Waals surface area (Å²) in [6.07, 6.45) is 0.729. The summed E-state index contributed by atoms with van der Waals surface area (Å²) in [6.45, 7) is 16.8. The van der Waals surface area contributed by atoms with E-state index in [1.807, 2.05) is 12.1 Å². The molecule has 4 heterocycles. The molecule has 0 unspecified atom stereocenters. The summed E-state index contributed by atoms with van der Waals surface area (Å²) in [4.78, 5) is 13.6. The third-order valence-corrected chi connectivity index (χ3v) is 7.79. The Kier molecular flexibility index (Phi) is 4.97. The Hall–Kier alpha value is -1.96. The van der Waals surface area contributed by atoms with Gasteiger partial charge in [0.2, 0.25) is 0 Å². The van der Waals surface area contributed by atoms with Crippen LogP contribution in [0.1, 0.15) is 65.8 Å². The van der Waals surface area contributed by atoms with Crippen LogP contribution in [0.15, 0.2) is 23.0 Å². The maximum absolute atomic E-state index is 13.6. The van der Waals surface area contributed by atoms with Gasteiger partial charge in [-0.25, -0.2) is 4.58 Å². The molecule has 1 atom stereocenters. The molecular weight excluding hydrogens is 403 g/mol. The minimum absolute atomic E-state index is 0.148. The van der Waals surface area contributed by atoms with E-state index in [9.17, 15) is 4.79 Å². The SMILES string of the molecule is CC1=[N+]2Cc3c(c(=O)c4ccc(B5OC(C)(C)C(C)(C)O5)cc4n3C(C)C)C[C@H]2COC1. The number of rotatable bonds is 2. The van der Waals surface area contributed by atoms with Crippen LogP contribution in [0.3, 0.4) is 0 Å². The second-order valence-corrected chi connectivity index (χ2v) is 10.8. The Morgan fingerprint density at radius 2 is 1.84 bits per heavy atom. The molecule has 0 saturated carbocycles. The van der Waals surface area contributed by atoms with Gasteiger partial charge in [-0.2, -0.15) is 0 Å². The number of hydrogen-bond donors (Lipinski definition) is 0. The van der Waals surface area contributed by atoms with Crippen LogP contribution in [0.4, 0.5) is 0 Å². The van der Waals surface area contributed by atoms with Gasteiger partial charge in [-0.15, -0.1) is 0 Å². The highest BCUT2D eigenvalue weighted by Crippen LogP contribution is 2.37. The molecule has 0 amide bonds. The zero-order valence-electron chi connectivity index (χ0n) is 20.3. The minimum atomic E-state index is -0.449. The third kappa shape index (κ3) is 3.20. The predicted octanol–water partition coefficient (Wildman–Crippen LogP) is 2.81. The van der Waals surface area contributed by atoms with Crippen molar-refractivity contribution in [3.63, 3.8) is 0 Å². The first-order chi connectivity index (χ1) is 15.0. The molecule has 3 aliphatic heterocycles. The first-order valence-corrected chi connectivity index (χ1v) is 11.7. The summed E-state index contributed by atoms with van der Waals surface area (Å²) < 4.78 is 23.1. The van der Waals surface area contributed by atoms with Gasteiger partial charge in [0.25, 0.3) is 0 Å². The molecule has 0 N–H and O–H groups in total. The fourth-order valence-electron chi connectivity index (χ4n) is 5.28. The number of pyridine rings is 1. The molecule has 0 radical (unpaired) electrons. The molecule has 2 aromatic rings. The number of aromatic nitrogens is 1. The molecule has 1 aromatic carbocycles. The Morgan fingerprint density at radius 1 is 1.16 bits per heavy atom. The highest BCUT2D eigenvalue weighted by molar-refractivity contribution is 6.62. The summed E-state index contributed by atoms with van der Waals surface area (Å²) in [7, 11) is -0.449. The van der Waals surface area contributed by atoms with E-state index >= 15 is 0 Å². The van der Waals surface area contributed by atoms with Crippen LogP contribution in [0, 0.1) is 0 Å². The van der Waals surface area contributed by atoms with Crippen molar-refractivity contribution in [1.29, 1.82) is 0 Å². The van der Waals surface area contributed by atoms with E-state index in [0.29, 0.717) is 13.2 Å². The highest BCUT2D eigenvalue weighted by Gasteiger charge is 2.51. The van der Waals surface area contributed by atoms with E-state index in [-0.39, 0.29) is 17.5 Å². The molecule has 1 saturated heterocycles. The monoisotopic (exact) mass is 437 g/mol. The summed E-state index contributed by atoms with van der Waals surface area (Å²) in [6, 6.07) is 6.50. The number of hydrogen-bond acceptors (Lipinski definition) is 4. The number of nitrogens with zero attached hydrogens (tertiary/aromatic N) is 2. The van der Waals surface area contributed by atoms with Crippen molar-refractivity contribution in [3.8, 4) is 0 Å². The summed E-state index contributed by atoms with van der Waals surface area (Å²) in [5, 5.41) is 0.767. The van der Waals surface area contributed by atoms with Crippen LogP contribution in [0.2, 0.25) is 0 Å². The van der Waals surface area contributed by atoms with Gasteiger partial charge in [0.05, 0.1) is 22.4 Å². The van der Waals surface area contributed by atoms with Gasteiger partial charge >= 0.3 is 7.12 Å². The van der Waals surface area contributed by atoms with E-state index in [2.05, 4.69) is 63.7 Å². The zero-order valence-corrected chi connectivity index (χ0v) is 20.3. The van der Waals surface area contributed by atoms with Gasteiger partial charge in [-0.1, -0.05) is 6.07 Å². The highest BCUT2D eigenvalue weighted by atomic mass is 16.7. The second-order valence-electron chi connectivity index (χ2n) is 10.8.